The Hall–Kier alpha value is -1.35. The van der Waals surface area contributed by atoms with Crippen molar-refractivity contribution >= 4 is 5.91 Å². The van der Waals surface area contributed by atoms with Crippen molar-refractivity contribution in [2.75, 3.05) is 0 Å². The third kappa shape index (κ3) is 3.57. The number of rotatable bonds is 4. The number of carbonyl (C=O) groups excluding carboxylic acids is 1. The summed E-state index contributed by atoms with van der Waals surface area (Å²) in [7, 11) is 0. The minimum absolute atomic E-state index is 0.358. The summed E-state index contributed by atoms with van der Waals surface area (Å²) in [6.07, 6.45) is 5.20. The van der Waals surface area contributed by atoms with Crippen molar-refractivity contribution in [3.8, 4) is 0 Å². The van der Waals surface area contributed by atoms with Gasteiger partial charge in [-0.15, -0.1) is 0 Å². The van der Waals surface area contributed by atoms with E-state index in [0.717, 1.165) is 18.0 Å². The molecule has 3 N–H and O–H groups in total. The summed E-state index contributed by atoms with van der Waals surface area (Å²) in [5, 5.41) is 3.58. The second-order valence-corrected chi connectivity index (χ2v) is 5.41. The summed E-state index contributed by atoms with van der Waals surface area (Å²) in [6, 6.07) is 8.17. The van der Waals surface area contributed by atoms with Gasteiger partial charge in [-0.05, 0) is 36.5 Å². The normalized spacial score (nSPS) is 23.8. The molecule has 1 saturated carbocycles. The van der Waals surface area contributed by atoms with Crippen LogP contribution in [0.4, 0.5) is 0 Å². The molecule has 0 heterocycles. The fourth-order valence-corrected chi connectivity index (χ4v) is 2.72. The van der Waals surface area contributed by atoms with Gasteiger partial charge >= 0.3 is 0 Å². The van der Waals surface area contributed by atoms with Gasteiger partial charge in [-0.3, -0.25) is 4.79 Å². The first-order valence-corrected chi connectivity index (χ1v) is 6.77. The minimum Gasteiger partial charge on any atom is -0.366 e. The van der Waals surface area contributed by atoms with Crippen LogP contribution in [0.5, 0.6) is 0 Å². The molecule has 3 nitrogen and oxygen atoms in total. The van der Waals surface area contributed by atoms with Crippen LogP contribution in [0, 0.1) is 5.92 Å². The number of benzene rings is 1. The number of amides is 1. The van der Waals surface area contributed by atoms with Crippen molar-refractivity contribution in [2.24, 2.45) is 11.7 Å². The maximum absolute atomic E-state index is 11.1. The van der Waals surface area contributed by atoms with E-state index in [0.29, 0.717) is 11.6 Å². The Labute approximate surface area is 109 Å². The van der Waals surface area contributed by atoms with Gasteiger partial charge in [0, 0.05) is 18.2 Å². The van der Waals surface area contributed by atoms with Crippen molar-refractivity contribution in [2.45, 2.75) is 45.2 Å². The quantitative estimate of drug-likeness (QED) is 0.857. The lowest BCUT2D eigenvalue weighted by Gasteiger charge is -2.27. The van der Waals surface area contributed by atoms with Crippen LogP contribution in [-0.2, 0) is 6.54 Å². The largest absolute Gasteiger partial charge is 0.366 e. The minimum atomic E-state index is -0.358. The zero-order valence-corrected chi connectivity index (χ0v) is 11.0. The molecule has 2 unspecified atom stereocenters. The highest BCUT2D eigenvalue weighted by Gasteiger charge is 2.18. The van der Waals surface area contributed by atoms with Crippen LogP contribution in [0.2, 0.25) is 0 Å². The molecule has 98 valence electrons. The molecule has 0 bridgehead atoms. The van der Waals surface area contributed by atoms with Gasteiger partial charge in [-0.1, -0.05) is 31.9 Å². The maximum atomic E-state index is 11.1. The summed E-state index contributed by atoms with van der Waals surface area (Å²) in [6.45, 7) is 3.14. The molecular weight excluding hydrogens is 224 g/mol. The second kappa shape index (κ2) is 6.01. The van der Waals surface area contributed by atoms with Gasteiger partial charge in [0.05, 0.1) is 0 Å². The Morgan fingerprint density at radius 2 is 2.28 bits per heavy atom. The number of hydrogen-bond acceptors (Lipinski definition) is 2. The zero-order valence-electron chi connectivity index (χ0n) is 11.0. The van der Waals surface area contributed by atoms with E-state index in [4.69, 9.17) is 5.73 Å². The molecule has 0 spiro atoms. The molecule has 2 rings (SSSR count). The Balaban J connectivity index is 1.89. The lowest BCUT2D eigenvalue weighted by molar-refractivity contribution is 0.1000. The molecule has 1 aliphatic carbocycles. The number of nitrogens with one attached hydrogen (secondary N) is 1. The van der Waals surface area contributed by atoms with E-state index in [1.165, 1.54) is 25.7 Å². The molecule has 0 aliphatic heterocycles. The van der Waals surface area contributed by atoms with Crippen LogP contribution in [0.25, 0.3) is 0 Å². The number of primary amides is 1. The molecule has 2 atom stereocenters. The number of carbonyl (C=O) groups is 1. The highest BCUT2D eigenvalue weighted by atomic mass is 16.1. The summed E-state index contributed by atoms with van der Waals surface area (Å²) < 4.78 is 0. The Kier molecular flexibility index (Phi) is 4.37. The topological polar surface area (TPSA) is 55.1 Å². The van der Waals surface area contributed by atoms with E-state index in [9.17, 15) is 4.79 Å². The van der Waals surface area contributed by atoms with Crippen LogP contribution < -0.4 is 11.1 Å². The Morgan fingerprint density at radius 1 is 1.44 bits per heavy atom. The molecule has 1 fully saturated rings. The molecule has 1 amide bonds. The van der Waals surface area contributed by atoms with Crippen LogP contribution >= 0.6 is 0 Å². The molecule has 1 aromatic rings. The smallest absolute Gasteiger partial charge is 0.248 e. The molecule has 0 saturated heterocycles. The van der Waals surface area contributed by atoms with E-state index in [1.807, 2.05) is 18.2 Å². The van der Waals surface area contributed by atoms with Crippen LogP contribution in [0.15, 0.2) is 24.3 Å². The summed E-state index contributed by atoms with van der Waals surface area (Å²) in [4.78, 5) is 11.1. The molecule has 18 heavy (non-hydrogen) atoms. The first-order chi connectivity index (χ1) is 8.65. The number of nitrogens with two attached hydrogens (primary N) is 1. The van der Waals surface area contributed by atoms with E-state index in [-0.39, 0.29) is 5.91 Å². The highest BCUT2D eigenvalue weighted by molar-refractivity contribution is 5.92. The summed E-state index contributed by atoms with van der Waals surface area (Å²) in [5.74, 6) is 0.469. The lowest BCUT2D eigenvalue weighted by atomic mass is 9.87. The molecule has 1 aliphatic rings. The van der Waals surface area contributed by atoms with Crippen LogP contribution in [0.1, 0.15) is 48.5 Å². The van der Waals surface area contributed by atoms with E-state index in [1.54, 1.807) is 6.07 Å². The predicted molar refractivity (Wildman–Crippen MR) is 73.2 cm³/mol. The van der Waals surface area contributed by atoms with Crippen molar-refractivity contribution in [1.29, 1.82) is 0 Å². The summed E-state index contributed by atoms with van der Waals surface area (Å²) in [5.41, 5.74) is 7.00. The fourth-order valence-electron chi connectivity index (χ4n) is 2.72. The Bertz CT molecular complexity index is 417. The maximum Gasteiger partial charge on any atom is 0.248 e. The van der Waals surface area contributed by atoms with Gasteiger partial charge < -0.3 is 11.1 Å². The average molecular weight is 246 g/mol. The van der Waals surface area contributed by atoms with Crippen molar-refractivity contribution in [1.82, 2.24) is 5.32 Å². The predicted octanol–water partition coefficient (Wildman–Crippen LogP) is 2.45. The first-order valence-electron chi connectivity index (χ1n) is 6.77. The van der Waals surface area contributed by atoms with Gasteiger partial charge in [0.2, 0.25) is 5.91 Å². The standard InChI is InChI=1S/C15H22N2O/c1-11-4-2-7-14(8-11)17-10-12-5-3-6-13(9-12)15(16)18/h3,5-6,9,11,14,17H,2,4,7-8,10H2,1H3,(H2,16,18). The molecular formula is C15H22N2O. The van der Waals surface area contributed by atoms with Gasteiger partial charge in [-0.25, -0.2) is 0 Å². The van der Waals surface area contributed by atoms with Crippen molar-refractivity contribution < 1.29 is 4.79 Å². The van der Waals surface area contributed by atoms with Crippen molar-refractivity contribution in [3.05, 3.63) is 35.4 Å². The van der Waals surface area contributed by atoms with Gasteiger partial charge in [0.1, 0.15) is 0 Å². The zero-order chi connectivity index (χ0) is 13.0. The van der Waals surface area contributed by atoms with E-state index < -0.39 is 0 Å². The third-order valence-electron chi connectivity index (χ3n) is 3.74. The SMILES string of the molecule is CC1CCCC(NCc2cccc(C(N)=O)c2)C1. The monoisotopic (exact) mass is 246 g/mol. The molecule has 3 heteroatoms. The van der Waals surface area contributed by atoms with E-state index in [2.05, 4.69) is 12.2 Å². The first kappa shape index (κ1) is 13.1. The highest BCUT2D eigenvalue weighted by Crippen LogP contribution is 2.23. The fraction of sp³-hybridized carbons (Fsp3) is 0.533. The molecule has 0 radical (unpaired) electrons. The summed E-state index contributed by atoms with van der Waals surface area (Å²) >= 11 is 0. The van der Waals surface area contributed by atoms with Crippen molar-refractivity contribution in [3.63, 3.8) is 0 Å². The molecule has 1 aromatic carbocycles. The van der Waals surface area contributed by atoms with Gasteiger partial charge in [0.25, 0.3) is 0 Å². The Morgan fingerprint density at radius 3 is 3.00 bits per heavy atom. The number of hydrogen-bond donors (Lipinski definition) is 2. The average Bonchev–Trinajstić information content (AvgIpc) is 2.37. The lowest BCUT2D eigenvalue weighted by Crippen LogP contribution is -2.33. The second-order valence-electron chi connectivity index (χ2n) is 5.41. The van der Waals surface area contributed by atoms with E-state index >= 15 is 0 Å². The van der Waals surface area contributed by atoms with Gasteiger partial charge in [-0.2, -0.15) is 0 Å². The van der Waals surface area contributed by atoms with Crippen LogP contribution in [0.3, 0.4) is 0 Å². The molecule has 0 aromatic heterocycles. The van der Waals surface area contributed by atoms with Gasteiger partial charge in [0.15, 0.2) is 0 Å². The third-order valence-corrected chi connectivity index (χ3v) is 3.74. The van der Waals surface area contributed by atoms with Crippen LogP contribution in [-0.4, -0.2) is 11.9 Å².